The molecule has 2 heterocycles. The number of amides is 1. The molecular weight excluding hydrogens is 334 g/mol. The first-order valence-electron chi connectivity index (χ1n) is 8.82. The lowest BCUT2D eigenvalue weighted by molar-refractivity contribution is -0.115. The third kappa shape index (κ3) is 4.76. The number of carbonyl (C=O) groups is 1. The first kappa shape index (κ1) is 18.3. The number of anilines is 1. The molecule has 7 nitrogen and oxygen atoms in total. The van der Waals surface area contributed by atoms with E-state index in [1.165, 1.54) is 6.42 Å². The van der Waals surface area contributed by atoms with Crippen molar-refractivity contribution in [2.75, 3.05) is 26.1 Å². The van der Waals surface area contributed by atoms with Crippen molar-refractivity contribution in [1.82, 2.24) is 9.78 Å². The van der Waals surface area contributed by atoms with Crippen LogP contribution in [0.3, 0.4) is 0 Å². The van der Waals surface area contributed by atoms with Crippen LogP contribution >= 0.6 is 0 Å². The molecule has 7 heteroatoms. The molecule has 0 aliphatic carbocycles. The Kier molecular flexibility index (Phi) is 6.12. The van der Waals surface area contributed by atoms with Crippen LogP contribution in [0.15, 0.2) is 30.6 Å². The highest BCUT2D eigenvalue weighted by Gasteiger charge is 2.15. The largest absolute Gasteiger partial charge is 0.493 e. The molecule has 1 aliphatic heterocycles. The summed E-state index contributed by atoms with van der Waals surface area (Å²) in [5.74, 6) is 1.15. The minimum atomic E-state index is -0.106. The smallest absolute Gasteiger partial charge is 0.228 e. The zero-order chi connectivity index (χ0) is 18.4. The summed E-state index contributed by atoms with van der Waals surface area (Å²) in [6.45, 7) is 1.53. The van der Waals surface area contributed by atoms with Gasteiger partial charge in [-0.15, -0.1) is 0 Å². The number of methoxy groups -OCH3 is 2. The van der Waals surface area contributed by atoms with Crippen LogP contribution in [0.4, 0.5) is 5.69 Å². The van der Waals surface area contributed by atoms with Crippen LogP contribution in [0.5, 0.6) is 11.5 Å². The fourth-order valence-corrected chi connectivity index (χ4v) is 3.07. The molecule has 0 bridgehead atoms. The van der Waals surface area contributed by atoms with Gasteiger partial charge in [0.2, 0.25) is 5.91 Å². The molecule has 2 aromatic rings. The lowest BCUT2D eigenvalue weighted by Crippen LogP contribution is -2.24. The molecule has 0 spiro atoms. The Morgan fingerprint density at radius 3 is 2.88 bits per heavy atom. The molecule has 1 N–H and O–H groups in total. The van der Waals surface area contributed by atoms with Crippen molar-refractivity contribution in [3.63, 3.8) is 0 Å². The van der Waals surface area contributed by atoms with Gasteiger partial charge < -0.3 is 19.5 Å². The molecule has 0 radical (unpaired) electrons. The summed E-state index contributed by atoms with van der Waals surface area (Å²) in [6.07, 6.45) is 7.34. The van der Waals surface area contributed by atoms with Crippen LogP contribution in [0.2, 0.25) is 0 Å². The molecule has 140 valence electrons. The normalized spacial score (nSPS) is 16.9. The number of hydrogen-bond acceptors (Lipinski definition) is 5. The van der Waals surface area contributed by atoms with E-state index in [0.717, 1.165) is 25.0 Å². The van der Waals surface area contributed by atoms with E-state index >= 15 is 0 Å². The average Bonchev–Trinajstić information content (AvgIpc) is 3.09. The van der Waals surface area contributed by atoms with E-state index < -0.39 is 0 Å². The Morgan fingerprint density at radius 1 is 1.31 bits per heavy atom. The van der Waals surface area contributed by atoms with Gasteiger partial charge in [0.05, 0.1) is 45.2 Å². The number of hydrogen-bond donors (Lipinski definition) is 1. The van der Waals surface area contributed by atoms with Gasteiger partial charge in [0.1, 0.15) is 0 Å². The second-order valence-corrected chi connectivity index (χ2v) is 6.35. The van der Waals surface area contributed by atoms with Crippen molar-refractivity contribution in [3.05, 3.63) is 36.2 Å². The number of ether oxygens (including phenoxy) is 3. The Labute approximate surface area is 153 Å². The van der Waals surface area contributed by atoms with Gasteiger partial charge in [-0.25, -0.2) is 0 Å². The van der Waals surface area contributed by atoms with E-state index in [4.69, 9.17) is 14.2 Å². The van der Waals surface area contributed by atoms with E-state index in [-0.39, 0.29) is 18.4 Å². The lowest BCUT2D eigenvalue weighted by atomic mass is 10.1. The molecule has 1 aromatic heterocycles. The van der Waals surface area contributed by atoms with E-state index in [9.17, 15) is 4.79 Å². The van der Waals surface area contributed by atoms with Crippen molar-refractivity contribution < 1.29 is 19.0 Å². The lowest BCUT2D eigenvalue weighted by Gasteiger charge is -2.22. The van der Waals surface area contributed by atoms with E-state index in [2.05, 4.69) is 10.4 Å². The van der Waals surface area contributed by atoms with Crippen LogP contribution in [-0.2, 0) is 22.5 Å². The van der Waals surface area contributed by atoms with E-state index in [0.29, 0.717) is 23.7 Å². The number of rotatable bonds is 7. The van der Waals surface area contributed by atoms with Crippen molar-refractivity contribution in [1.29, 1.82) is 0 Å². The standard InChI is InChI=1S/C19H25N3O4/c1-24-17-7-6-14(9-18(17)25-2)10-19(23)21-15-11-20-22(12-15)13-16-5-3-4-8-26-16/h6-7,9,11-12,16H,3-5,8,10,13H2,1-2H3,(H,21,23). The van der Waals surface area contributed by atoms with Crippen molar-refractivity contribution in [2.24, 2.45) is 0 Å². The van der Waals surface area contributed by atoms with Crippen LogP contribution in [0, 0.1) is 0 Å². The predicted octanol–water partition coefficient (Wildman–Crippen LogP) is 2.65. The summed E-state index contributed by atoms with van der Waals surface area (Å²) in [4.78, 5) is 12.3. The second kappa shape index (κ2) is 8.71. The first-order valence-corrected chi connectivity index (χ1v) is 8.82. The van der Waals surface area contributed by atoms with Crippen LogP contribution in [0.1, 0.15) is 24.8 Å². The van der Waals surface area contributed by atoms with Gasteiger partial charge in [-0.1, -0.05) is 6.07 Å². The third-order valence-electron chi connectivity index (χ3n) is 4.39. The Hall–Kier alpha value is -2.54. The third-order valence-corrected chi connectivity index (χ3v) is 4.39. The average molecular weight is 359 g/mol. The zero-order valence-corrected chi connectivity index (χ0v) is 15.2. The molecule has 3 rings (SSSR count). The topological polar surface area (TPSA) is 74.6 Å². The fourth-order valence-electron chi connectivity index (χ4n) is 3.07. The van der Waals surface area contributed by atoms with Gasteiger partial charge in [-0.05, 0) is 37.0 Å². The molecule has 0 saturated carbocycles. The highest BCUT2D eigenvalue weighted by Crippen LogP contribution is 2.27. The van der Waals surface area contributed by atoms with Gasteiger partial charge >= 0.3 is 0 Å². The van der Waals surface area contributed by atoms with Crippen LogP contribution in [-0.4, -0.2) is 42.6 Å². The molecular formula is C19H25N3O4. The Morgan fingerprint density at radius 2 is 2.15 bits per heavy atom. The first-order chi connectivity index (χ1) is 12.7. The maximum Gasteiger partial charge on any atom is 0.228 e. The van der Waals surface area contributed by atoms with Crippen LogP contribution in [0.25, 0.3) is 0 Å². The van der Waals surface area contributed by atoms with Gasteiger partial charge in [0.15, 0.2) is 11.5 Å². The zero-order valence-electron chi connectivity index (χ0n) is 15.2. The number of aromatic nitrogens is 2. The van der Waals surface area contributed by atoms with Gasteiger partial charge in [0.25, 0.3) is 0 Å². The highest BCUT2D eigenvalue weighted by atomic mass is 16.5. The maximum atomic E-state index is 12.3. The van der Waals surface area contributed by atoms with Crippen molar-refractivity contribution >= 4 is 11.6 Å². The van der Waals surface area contributed by atoms with Crippen molar-refractivity contribution in [2.45, 2.75) is 38.3 Å². The van der Waals surface area contributed by atoms with Gasteiger partial charge in [-0.2, -0.15) is 5.10 Å². The molecule has 1 unspecified atom stereocenters. The number of benzene rings is 1. The Balaban J connectivity index is 1.55. The predicted molar refractivity (Wildman–Crippen MR) is 97.7 cm³/mol. The SMILES string of the molecule is COc1ccc(CC(=O)Nc2cnn(CC3CCCCO3)c2)cc1OC. The Bertz CT molecular complexity index is 738. The molecule has 1 aliphatic rings. The fraction of sp³-hybridized carbons (Fsp3) is 0.474. The number of nitrogens with zero attached hydrogens (tertiary/aromatic N) is 2. The summed E-state index contributed by atoms with van der Waals surface area (Å²) < 4.78 is 18.0. The van der Waals surface area contributed by atoms with Gasteiger partial charge in [-0.3, -0.25) is 9.48 Å². The molecule has 1 amide bonds. The molecule has 26 heavy (non-hydrogen) atoms. The van der Waals surface area contributed by atoms with E-state index in [1.807, 2.05) is 23.0 Å². The summed E-state index contributed by atoms with van der Waals surface area (Å²) in [5, 5.41) is 7.18. The molecule has 1 fully saturated rings. The highest BCUT2D eigenvalue weighted by molar-refractivity contribution is 5.92. The second-order valence-electron chi connectivity index (χ2n) is 6.35. The molecule has 1 saturated heterocycles. The quantitative estimate of drug-likeness (QED) is 0.823. The number of carbonyl (C=O) groups excluding carboxylic acids is 1. The summed E-state index contributed by atoms with van der Waals surface area (Å²) in [6, 6.07) is 5.46. The summed E-state index contributed by atoms with van der Waals surface area (Å²) >= 11 is 0. The molecule has 1 aromatic carbocycles. The van der Waals surface area contributed by atoms with Gasteiger partial charge in [0, 0.05) is 12.8 Å². The maximum absolute atomic E-state index is 12.3. The summed E-state index contributed by atoms with van der Waals surface area (Å²) in [5.41, 5.74) is 1.54. The van der Waals surface area contributed by atoms with Crippen LogP contribution < -0.4 is 14.8 Å². The molecule has 1 atom stereocenters. The summed E-state index contributed by atoms with van der Waals surface area (Å²) in [7, 11) is 3.16. The van der Waals surface area contributed by atoms with E-state index in [1.54, 1.807) is 26.5 Å². The number of nitrogens with one attached hydrogen (secondary N) is 1. The minimum Gasteiger partial charge on any atom is -0.493 e. The van der Waals surface area contributed by atoms with Crippen molar-refractivity contribution in [3.8, 4) is 11.5 Å². The minimum absolute atomic E-state index is 0.106. The monoisotopic (exact) mass is 359 g/mol.